The van der Waals surface area contributed by atoms with Gasteiger partial charge in [0.25, 0.3) is 0 Å². The average molecular weight is 186 g/mol. The second kappa shape index (κ2) is 4.24. The van der Waals surface area contributed by atoms with Crippen molar-refractivity contribution in [1.82, 2.24) is 0 Å². The highest BCUT2D eigenvalue weighted by Gasteiger charge is 2.06. The Hall–Kier alpha value is 0.0800. The fourth-order valence-corrected chi connectivity index (χ4v) is 0.515. The molecule has 0 bridgehead atoms. The average Bonchev–Trinajstić information content (AvgIpc) is 1.61. The summed E-state index contributed by atoms with van der Waals surface area (Å²) in [6.45, 7) is 0. The second-order valence-electron chi connectivity index (χ2n) is 0.605. The van der Waals surface area contributed by atoms with Crippen molar-refractivity contribution < 1.29 is 14.0 Å². The molecule has 0 radical (unpaired) electrons. The maximum Gasteiger partial charge on any atom is 0.746 e. The van der Waals surface area contributed by atoms with E-state index in [0.29, 0.717) is 0 Å². The fraction of sp³-hybridized carbons (Fsp3) is 0. The van der Waals surface area contributed by atoms with E-state index < -0.39 is 8.25 Å². The maximum atomic E-state index is 9.61. The summed E-state index contributed by atoms with van der Waals surface area (Å²) in [7, 11) is -2.47. The van der Waals surface area contributed by atoms with E-state index in [1.54, 1.807) is 0 Å². The SMILES string of the molecule is O=[P+](O)OC=CBr. The molecule has 0 saturated heterocycles. The minimum atomic E-state index is -2.47. The van der Waals surface area contributed by atoms with Crippen LogP contribution in [0.4, 0.5) is 0 Å². The first-order valence-electron chi connectivity index (χ1n) is 1.35. The first-order valence-corrected chi connectivity index (χ1v) is 3.40. The number of rotatable bonds is 2. The van der Waals surface area contributed by atoms with E-state index in [1.165, 1.54) is 4.99 Å². The largest absolute Gasteiger partial charge is 0.746 e. The molecule has 1 N–H and O–H groups in total. The minimum Gasteiger partial charge on any atom is -0.237 e. The summed E-state index contributed by atoms with van der Waals surface area (Å²) in [5, 5.41) is 0. The Balaban J connectivity index is 3.14. The molecule has 0 aliphatic carbocycles. The van der Waals surface area contributed by atoms with E-state index in [4.69, 9.17) is 4.89 Å². The van der Waals surface area contributed by atoms with Crippen molar-refractivity contribution in [2.45, 2.75) is 0 Å². The fourth-order valence-electron chi connectivity index (χ4n) is 0.0751. The van der Waals surface area contributed by atoms with Crippen LogP contribution in [0.15, 0.2) is 11.2 Å². The molecule has 40 valence electrons. The van der Waals surface area contributed by atoms with Crippen LogP contribution in [-0.4, -0.2) is 4.89 Å². The molecule has 0 aromatic heterocycles. The third-order valence-electron chi connectivity index (χ3n) is 0.202. The lowest BCUT2D eigenvalue weighted by atomic mass is 11.2. The molecule has 0 aliphatic heterocycles. The zero-order valence-corrected chi connectivity index (χ0v) is 5.72. The Morgan fingerprint density at radius 3 is 2.57 bits per heavy atom. The van der Waals surface area contributed by atoms with Crippen LogP contribution in [0.2, 0.25) is 0 Å². The topological polar surface area (TPSA) is 46.5 Å². The molecule has 0 heterocycles. The van der Waals surface area contributed by atoms with Crippen molar-refractivity contribution in [3.63, 3.8) is 0 Å². The predicted molar refractivity (Wildman–Crippen MR) is 29.0 cm³/mol. The molecule has 3 nitrogen and oxygen atoms in total. The van der Waals surface area contributed by atoms with Gasteiger partial charge in [0.1, 0.15) is 0 Å². The molecule has 5 heteroatoms. The van der Waals surface area contributed by atoms with E-state index in [1.807, 2.05) is 0 Å². The Labute approximate surface area is 50.1 Å². The molecule has 0 aromatic carbocycles. The van der Waals surface area contributed by atoms with Gasteiger partial charge >= 0.3 is 8.25 Å². The lowest BCUT2D eigenvalue weighted by molar-refractivity contribution is 0.378. The van der Waals surface area contributed by atoms with E-state index in [9.17, 15) is 4.57 Å². The summed E-state index contributed by atoms with van der Waals surface area (Å²) < 4.78 is 13.6. The van der Waals surface area contributed by atoms with Gasteiger partial charge in [0.05, 0.1) is 0 Å². The third-order valence-corrected chi connectivity index (χ3v) is 0.720. The van der Waals surface area contributed by atoms with Crippen LogP contribution in [0.5, 0.6) is 0 Å². The van der Waals surface area contributed by atoms with Crippen LogP contribution >= 0.6 is 24.2 Å². The summed E-state index contributed by atoms with van der Waals surface area (Å²) in [5.74, 6) is 0. The monoisotopic (exact) mass is 185 g/mol. The lowest BCUT2D eigenvalue weighted by Gasteiger charge is -1.66. The van der Waals surface area contributed by atoms with Crippen LogP contribution < -0.4 is 0 Å². The first-order chi connectivity index (χ1) is 3.27. The van der Waals surface area contributed by atoms with E-state index in [-0.39, 0.29) is 0 Å². The molecular weight excluding hydrogens is 183 g/mol. The van der Waals surface area contributed by atoms with E-state index in [0.717, 1.165) is 6.26 Å². The Bertz CT molecular complexity index is 90.9. The van der Waals surface area contributed by atoms with Crippen LogP contribution in [0.25, 0.3) is 0 Å². The predicted octanol–water partition coefficient (Wildman–Crippen LogP) is 1.52. The van der Waals surface area contributed by atoms with Crippen molar-refractivity contribution in [3.05, 3.63) is 11.2 Å². The van der Waals surface area contributed by atoms with Crippen molar-refractivity contribution in [2.75, 3.05) is 0 Å². The van der Waals surface area contributed by atoms with Gasteiger partial charge in [0.15, 0.2) is 6.26 Å². The molecular formula is C2H3BrO3P+. The highest BCUT2D eigenvalue weighted by molar-refractivity contribution is 9.11. The number of hydrogen-bond acceptors (Lipinski definition) is 2. The summed E-state index contributed by atoms with van der Waals surface area (Å²) in [6, 6.07) is 0. The maximum absolute atomic E-state index is 9.61. The zero-order valence-electron chi connectivity index (χ0n) is 3.24. The summed E-state index contributed by atoms with van der Waals surface area (Å²) in [6.07, 6.45) is 1.08. The molecule has 0 aliphatic rings. The highest BCUT2D eigenvalue weighted by Crippen LogP contribution is 2.14. The van der Waals surface area contributed by atoms with Crippen LogP contribution in [0.1, 0.15) is 0 Å². The Morgan fingerprint density at radius 1 is 1.86 bits per heavy atom. The Morgan fingerprint density at radius 2 is 2.43 bits per heavy atom. The standard InChI is InChI=1S/C2H2BrO3P/c3-1-2-6-7(4)5/h1-2H/p+1. The molecule has 0 saturated carbocycles. The quantitative estimate of drug-likeness (QED) is 0.525. The molecule has 0 fully saturated rings. The van der Waals surface area contributed by atoms with Gasteiger partial charge in [-0.05, 0) is 0 Å². The molecule has 7 heavy (non-hydrogen) atoms. The molecule has 0 aromatic rings. The minimum absolute atomic E-state index is 1.08. The molecule has 1 unspecified atom stereocenters. The molecule has 1 atom stereocenters. The smallest absolute Gasteiger partial charge is 0.237 e. The number of hydrogen-bond donors (Lipinski definition) is 1. The molecule has 0 rings (SSSR count). The van der Waals surface area contributed by atoms with Gasteiger partial charge in [-0.3, -0.25) is 0 Å². The zero-order chi connectivity index (χ0) is 5.70. The lowest BCUT2D eigenvalue weighted by Crippen LogP contribution is -1.57. The number of halogens is 1. The van der Waals surface area contributed by atoms with Crippen molar-refractivity contribution in [2.24, 2.45) is 0 Å². The second-order valence-corrected chi connectivity index (χ2v) is 1.82. The van der Waals surface area contributed by atoms with Gasteiger partial charge in [0.2, 0.25) is 0 Å². The molecule has 0 amide bonds. The van der Waals surface area contributed by atoms with Crippen molar-refractivity contribution in [1.29, 1.82) is 0 Å². The van der Waals surface area contributed by atoms with Gasteiger partial charge in [-0.25, -0.2) is 4.52 Å². The van der Waals surface area contributed by atoms with Crippen LogP contribution in [0.3, 0.4) is 0 Å². The summed E-state index contributed by atoms with van der Waals surface area (Å²) >= 11 is 2.83. The normalized spacial score (nSPS) is 12.0. The first kappa shape index (κ1) is 7.08. The van der Waals surface area contributed by atoms with Gasteiger partial charge in [-0.15, -0.1) is 4.89 Å². The van der Waals surface area contributed by atoms with Gasteiger partial charge in [0, 0.05) is 9.55 Å². The van der Waals surface area contributed by atoms with E-state index in [2.05, 4.69) is 20.5 Å². The van der Waals surface area contributed by atoms with E-state index >= 15 is 0 Å². The van der Waals surface area contributed by atoms with Gasteiger partial charge in [-0.2, -0.15) is 0 Å². The highest BCUT2D eigenvalue weighted by atomic mass is 79.9. The Kier molecular flexibility index (Phi) is 4.29. The summed E-state index contributed by atoms with van der Waals surface area (Å²) in [5.41, 5.74) is 0. The summed E-state index contributed by atoms with van der Waals surface area (Å²) in [4.78, 5) is 9.24. The van der Waals surface area contributed by atoms with Crippen LogP contribution in [0, 0.1) is 0 Å². The van der Waals surface area contributed by atoms with Gasteiger partial charge < -0.3 is 0 Å². The van der Waals surface area contributed by atoms with Crippen LogP contribution in [-0.2, 0) is 9.09 Å². The van der Waals surface area contributed by atoms with Crippen molar-refractivity contribution in [3.8, 4) is 0 Å². The van der Waals surface area contributed by atoms with Crippen molar-refractivity contribution >= 4 is 24.2 Å². The third kappa shape index (κ3) is 6.08. The van der Waals surface area contributed by atoms with Gasteiger partial charge in [-0.1, -0.05) is 15.9 Å². The molecule has 0 spiro atoms.